The molecule has 8 aromatic rings. The van der Waals surface area contributed by atoms with Gasteiger partial charge < -0.3 is 8.83 Å². The minimum Gasteiger partial charge on any atom is -0.455 e. The van der Waals surface area contributed by atoms with Gasteiger partial charge in [-0.1, -0.05) is 97.1 Å². The molecule has 0 spiro atoms. The normalized spacial score (nSPS) is 11.7. The highest BCUT2D eigenvalue weighted by Gasteiger charge is 2.27. The van der Waals surface area contributed by atoms with Crippen LogP contribution in [0.2, 0.25) is 0 Å². The van der Waals surface area contributed by atoms with Crippen LogP contribution in [0.1, 0.15) is 5.56 Å². The van der Waals surface area contributed by atoms with Crippen molar-refractivity contribution < 1.29 is 8.83 Å². The van der Waals surface area contributed by atoms with Gasteiger partial charge in [-0.05, 0) is 41.8 Å². The molecule has 0 aliphatic carbocycles. The lowest BCUT2D eigenvalue weighted by Crippen LogP contribution is -1.94. The molecule has 5 aromatic carbocycles. The van der Waals surface area contributed by atoms with E-state index in [1.807, 2.05) is 48.7 Å². The zero-order valence-electron chi connectivity index (χ0n) is 21.3. The van der Waals surface area contributed by atoms with Crippen molar-refractivity contribution in [2.45, 2.75) is 6.92 Å². The molecule has 0 atom stereocenters. The van der Waals surface area contributed by atoms with E-state index in [4.69, 9.17) is 13.8 Å². The summed E-state index contributed by atoms with van der Waals surface area (Å²) in [6.45, 7) is 2.12. The molecule has 0 unspecified atom stereocenters. The fraction of sp³-hybridized carbons (Fsp3) is 0.0278. The van der Waals surface area contributed by atoms with Gasteiger partial charge in [0.05, 0.1) is 11.1 Å². The number of hydrogen-bond acceptors (Lipinski definition) is 3. The fourth-order valence-electron chi connectivity index (χ4n) is 5.87. The Labute approximate surface area is 225 Å². The number of aryl methyl sites for hydroxylation is 1. The Morgan fingerprint density at radius 1 is 0.538 bits per heavy atom. The third-order valence-electron chi connectivity index (χ3n) is 7.65. The molecule has 0 amide bonds. The first-order valence-corrected chi connectivity index (χ1v) is 13.1. The fourth-order valence-corrected chi connectivity index (χ4v) is 5.87. The molecule has 0 radical (unpaired) electrons. The van der Waals surface area contributed by atoms with Crippen molar-refractivity contribution >= 4 is 43.9 Å². The van der Waals surface area contributed by atoms with E-state index in [2.05, 4.69) is 79.7 Å². The van der Waals surface area contributed by atoms with E-state index >= 15 is 0 Å². The molecule has 0 bridgehead atoms. The smallest absolute Gasteiger partial charge is 0.147 e. The molecule has 0 aliphatic rings. The van der Waals surface area contributed by atoms with Gasteiger partial charge >= 0.3 is 0 Å². The Balaban J connectivity index is 1.63. The zero-order valence-corrected chi connectivity index (χ0v) is 21.3. The third kappa shape index (κ3) is 3.27. The Morgan fingerprint density at radius 2 is 1.10 bits per heavy atom. The highest BCUT2D eigenvalue weighted by atomic mass is 16.3. The standard InChI is InChI=1S/C36H23NO2/c1-22-21-37-28(23-12-4-2-5-13-23)20-27(22)33-31(24-14-6-3-7-15-24)32-25-16-8-10-18-29(25)38-35(32)34-26-17-9-11-19-30(26)39-36(33)34/h2-21H,1H3. The van der Waals surface area contributed by atoms with Crippen LogP contribution < -0.4 is 0 Å². The van der Waals surface area contributed by atoms with Crippen LogP contribution in [0, 0.1) is 6.92 Å². The van der Waals surface area contributed by atoms with Gasteiger partial charge in [-0.3, -0.25) is 4.98 Å². The van der Waals surface area contributed by atoms with Crippen molar-refractivity contribution in [1.82, 2.24) is 4.98 Å². The predicted octanol–water partition coefficient (Wildman–Crippen LogP) is 10.2. The number of para-hydroxylation sites is 2. The van der Waals surface area contributed by atoms with Crippen molar-refractivity contribution in [3.05, 3.63) is 127 Å². The van der Waals surface area contributed by atoms with Crippen molar-refractivity contribution in [3.63, 3.8) is 0 Å². The molecule has 3 nitrogen and oxygen atoms in total. The molecule has 0 aliphatic heterocycles. The molecule has 3 aromatic heterocycles. The average Bonchev–Trinajstić information content (AvgIpc) is 3.57. The highest BCUT2D eigenvalue weighted by molar-refractivity contribution is 6.30. The lowest BCUT2D eigenvalue weighted by Gasteiger charge is -2.16. The molecular weight excluding hydrogens is 478 g/mol. The number of benzene rings is 5. The molecule has 184 valence electrons. The Bertz CT molecular complexity index is 2170. The molecule has 3 heteroatoms. The summed E-state index contributed by atoms with van der Waals surface area (Å²) in [4.78, 5) is 4.81. The number of fused-ring (bicyclic) bond motifs is 7. The first kappa shape index (κ1) is 21.9. The molecule has 3 heterocycles. The van der Waals surface area contributed by atoms with Crippen molar-refractivity contribution in [3.8, 4) is 33.5 Å². The second-order valence-electron chi connectivity index (χ2n) is 9.97. The molecule has 0 saturated heterocycles. The summed E-state index contributed by atoms with van der Waals surface area (Å²) in [7, 11) is 0. The minimum atomic E-state index is 0.829. The Kier molecular flexibility index (Phi) is 4.74. The van der Waals surface area contributed by atoms with Gasteiger partial charge in [0.25, 0.3) is 0 Å². The Hall–Kier alpha value is -5.15. The summed E-state index contributed by atoms with van der Waals surface area (Å²) in [6.07, 6.45) is 1.97. The van der Waals surface area contributed by atoms with E-state index in [0.29, 0.717) is 0 Å². The number of pyridine rings is 1. The molecule has 0 fully saturated rings. The maximum atomic E-state index is 6.72. The minimum absolute atomic E-state index is 0.829. The van der Waals surface area contributed by atoms with E-state index in [9.17, 15) is 0 Å². The summed E-state index contributed by atoms with van der Waals surface area (Å²) in [6, 6.07) is 39.6. The predicted molar refractivity (Wildman–Crippen MR) is 160 cm³/mol. The van der Waals surface area contributed by atoms with Gasteiger partial charge in [0, 0.05) is 39.0 Å². The molecular formula is C36H23NO2. The zero-order chi connectivity index (χ0) is 25.9. The monoisotopic (exact) mass is 501 g/mol. The summed E-state index contributed by atoms with van der Waals surface area (Å²) >= 11 is 0. The lowest BCUT2D eigenvalue weighted by molar-refractivity contribution is 0.663. The van der Waals surface area contributed by atoms with Crippen molar-refractivity contribution in [2.24, 2.45) is 0 Å². The topological polar surface area (TPSA) is 39.2 Å². The largest absolute Gasteiger partial charge is 0.455 e. The quantitative estimate of drug-likeness (QED) is 0.242. The van der Waals surface area contributed by atoms with Crippen LogP contribution >= 0.6 is 0 Å². The van der Waals surface area contributed by atoms with Crippen LogP contribution in [0.15, 0.2) is 130 Å². The molecule has 0 saturated carbocycles. The van der Waals surface area contributed by atoms with E-state index in [0.717, 1.165) is 83.0 Å². The van der Waals surface area contributed by atoms with Crippen LogP contribution in [0.3, 0.4) is 0 Å². The van der Waals surface area contributed by atoms with E-state index in [1.165, 1.54) is 0 Å². The number of rotatable bonds is 3. The van der Waals surface area contributed by atoms with Crippen LogP contribution in [-0.2, 0) is 0 Å². The number of furan rings is 2. The molecule has 39 heavy (non-hydrogen) atoms. The van der Waals surface area contributed by atoms with E-state index < -0.39 is 0 Å². The second-order valence-corrected chi connectivity index (χ2v) is 9.97. The Morgan fingerprint density at radius 3 is 1.79 bits per heavy atom. The van der Waals surface area contributed by atoms with Crippen LogP contribution in [0.5, 0.6) is 0 Å². The number of hydrogen-bond donors (Lipinski definition) is 0. The van der Waals surface area contributed by atoms with Gasteiger partial charge in [-0.25, -0.2) is 0 Å². The highest BCUT2D eigenvalue weighted by Crippen LogP contribution is 2.51. The SMILES string of the molecule is Cc1cnc(-c2ccccc2)cc1-c1c(-c2ccccc2)c2c3ccccc3oc2c2c1oc1ccccc12. The van der Waals surface area contributed by atoms with Crippen molar-refractivity contribution in [1.29, 1.82) is 0 Å². The van der Waals surface area contributed by atoms with Gasteiger partial charge in [-0.15, -0.1) is 0 Å². The lowest BCUT2D eigenvalue weighted by atomic mass is 9.87. The van der Waals surface area contributed by atoms with Gasteiger partial charge in [0.15, 0.2) is 0 Å². The maximum absolute atomic E-state index is 6.72. The maximum Gasteiger partial charge on any atom is 0.147 e. The summed E-state index contributed by atoms with van der Waals surface area (Å²) in [5, 5.41) is 4.24. The first-order valence-electron chi connectivity index (χ1n) is 13.1. The van der Waals surface area contributed by atoms with Crippen molar-refractivity contribution in [2.75, 3.05) is 0 Å². The third-order valence-corrected chi connectivity index (χ3v) is 7.65. The first-order chi connectivity index (χ1) is 19.3. The van der Waals surface area contributed by atoms with Crippen LogP contribution in [-0.4, -0.2) is 4.98 Å². The van der Waals surface area contributed by atoms with Gasteiger partial charge in [0.1, 0.15) is 22.3 Å². The summed E-state index contributed by atoms with van der Waals surface area (Å²) < 4.78 is 13.4. The van der Waals surface area contributed by atoms with E-state index in [-0.39, 0.29) is 0 Å². The average molecular weight is 502 g/mol. The van der Waals surface area contributed by atoms with Gasteiger partial charge in [-0.2, -0.15) is 0 Å². The number of nitrogens with zero attached hydrogens (tertiary/aromatic N) is 1. The molecule has 8 rings (SSSR count). The number of aromatic nitrogens is 1. The van der Waals surface area contributed by atoms with Crippen LogP contribution in [0.25, 0.3) is 77.4 Å². The summed E-state index contributed by atoms with van der Waals surface area (Å²) in [5.41, 5.74) is 10.9. The van der Waals surface area contributed by atoms with Crippen LogP contribution in [0.4, 0.5) is 0 Å². The summed E-state index contributed by atoms with van der Waals surface area (Å²) in [5.74, 6) is 0. The second kappa shape index (κ2) is 8.44. The molecule has 0 N–H and O–H groups in total. The van der Waals surface area contributed by atoms with E-state index in [1.54, 1.807) is 0 Å². The van der Waals surface area contributed by atoms with Gasteiger partial charge in [0.2, 0.25) is 0 Å².